The van der Waals surface area contributed by atoms with E-state index in [1.807, 2.05) is 0 Å². The van der Waals surface area contributed by atoms with E-state index in [0.29, 0.717) is 0 Å². The molecule has 1 rings (SSSR count). The van der Waals surface area contributed by atoms with Gasteiger partial charge in [0.25, 0.3) is 0 Å². The summed E-state index contributed by atoms with van der Waals surface area (Å²) in [6, 6.07) is 0. The number of hydrogen-bond donors (Lipinski definition) is 2. The summed E-state index contributed by atoms with van der Waals surface area (Å²) in [5, 5.41) is 17.0. The number of aliphatic carboxylic acids is 1. The van der Waals surface area contributed by atoms with Crippen LogP contribution in [0.25, 0.3) is 0 Å². The lowest BCUT2D eigenvalue weighted by molar-refractivity contribution is -0.147. The van der Waals surface area contributed by atoms with Gasteiger partial charge in [-0.1, -0.05) is 0 Å². The van der Waals surface area contributed by atoms with Gasteiger partial charge in [0.1, 0.15) is 0 Å². The first kappa shape index (κ1) is 6.76. The van der Waals surface area contributed by atoms with Gasteiger partial charge in [0, 0.05) is 0 Å². The van der Waals surface area contributed by atoms with Crippen molar-refractivity contribution >= 4 is 5.97 Å². The highest BCUT2D eigenvalue weighted by Crippen LogP contribution is 2.10. The van der Waals surface area contributed by atoms with Crippen molar-refractivity contribution in [2.75, 3.05) is 0 Å². The second-order valence-electron chi connectivity index (χ2n) is 1.64. The normalized spacial score (nSPS) is 12.9. The molecule has 1 aromatic rings. The largest absolute Gasteiger partial charge is 0.479 e. The quantitative estimate of drug-likeness (QED) is 0.598. The third-order valence-electron chi connectivity index (χ3n) is 0.955. The Hall–Kier alpha value is -1.36. The first-order valence-corrected chi connectivity index (χ1v) is 2.51. The van der Waals surface area contributed by atoms with E-state index in [1.54, 1.807) is 0 Å². The fourth-order valence-corrected chi connectivity index (χ4v) is 0.482. The van der Waals surface area contributed by atoms with Crippen LogP contribution in [0.1, 0.15) is 11.9 Å². The molecule has 0 aliphatic rings. The first-order valence-electron chi connectivity index (χ1n) is 2.51. The predicted molar refractivity (Wildman–Crippen MR) is 29.1 cm³/mol. The molecule has 0 aromatic carbocycles. The minimum absolute atomic E-state index is 0.0625. The van der Waals surface area contributed by atoms with E-state index >= 15 is 0 Å². The van der Waals surface area contributed by atoms with Crippen molar-refractivity contribution in [1.82, 2.24) is 4.98 Å². The molecule has 0 aliphatic heterocycles. The summed E-state index contributed by atoms with van der Waals surface area (Å²) in [4.78, 5) is 13.5. The van der Waals surface area contributed by atoms with Crippen LogP contribution in [-0.4, -0.2) is 21.2 Å². The molecule has 0 bridgehead atoms. The predicted octanol–water partition coefficient (Wildman–Crippen LogP) is -0.207. The standard InChI is InChI=1S/C5H5NO4/c7-4(5(8)9)3-1-6-2-10-3/h1-2,4,7H,(H,8,9). The van der Waals surface area contributed by atoms with E-state index in [1.165, 1.54) is 0 Å². The van der Waals surface area contributed by atoms with Crippen LogP contribution in [0, 0.1) is 0 Å². The fraction of sp³-hybridized carbons (Fsp3) is 0.200. The van der Waals surface area contributed by atoms with Gasteiger partial charge in [-0.3, -0.25) is 0 Å². The number of carboxylic acid groups (broad SMARTS) is 1. The molecule has 0 fully saturated rings. The van der Waals surface area contributed by atoms with Crippen molar-refractivity contribution < 1.29 is 19.4 Å². The molecule has 1 atom stereocenters. The van der Waals surface area contributed by atoms with Crippen LogP contribution in [0.15, 0.2) is 17.0 Å². The van der Waals surface area contributed by atoms with Gasteiger partial charge in [0.2, 0.25) is 6.10 Å². The zero-order valence-corrected chi connectivity index (χ0v) is 4.89. The summed E-state index contributed by atoms with van der Waals surface area (Å²) < 4.78 is 4.51. The van der Waals surface area contributed by atoms with Gasteiger partial charge in [-0.25, -0.2) is 9.78 Å². The Balaban J connectivity index is 2.77. The van der Waals surface area contributed by atoms with E-state index in [0.717, 1.165) is 12.6 Å². The topological polar surface area (TPSA) is 83.6 Å². The van der Waals surface area contributed by atoms with Gasteiger partial charge >= 0.3 is 5.97 Å². The minimum Gasteiger partial charge on any atom is -0.479 e. The van der Waals surface area contributed by atoms with Gasteiger partial charge < -0.3 is 14.6 Å². The molecule has 0 spiro atoms. The van der Waals surface area contributed by atoms with Crippen molar-refractivity contribution in [3.05, 3.63) is 18.4 Å². The van der Waals surface area contributed by atoms with Gasteiger partial charge in [-0.05, 0) is 0 Å². The Labute approximate surface area is 55.9 Å². The van der Waals surface area contributed by atoms with E-state index in [-0.39, 0.29) is 5.76 Å². The lowest BCUT2D eigenvalue weighted by atomic mass is 10.3. The summed E-state index contributed by atoms with van der Waals surface area (Å²) in [6.45, 7) is 0. The minimum atomic E-state index is -1.61. The number of aliphatic hydroxyl groups excluding tert-OH is 1. The zero-order chi connectivity index (χ0) is 7.56. The van der Waals surface area contributed by atoms with Crippen LogP contribution in [-0.2, 0) is 4.79 Å². The van der Waals surface area contributed by atoms with Crippen LogP contribution in [0.3, 0.4) is 0 Å². The lowest BCUT2D eigenvalue weighted by Gasteiger charge is -1.97. The number of aromatic nitrogens is 1. The Kier molecular flexibility index (Phi) is 1.68. The number of carboxylic acids is 1. The summed E-state index contributed by atoms with van der Waals surface area (Å²) >= 11 is 0. The molecule has 54 valence electrons. The molecular weight excluding hydrogens is 138 g/mol. The molecule has 0 radical (unpaired) electrons. The highest BCUT2D eigenvalue weighted by atomic mass is 16.4. The van der Waals surface area contributed by atoms with Crippen LogP contribution in [0.4, 0.5) is 0 Å². The summed E-state index contributed by atoms with van der Waals surface area (Å²) in [5.74, 6) is -1.41. The lowest BCUT2D eigenvalue weighted by Crippen LogP contribution is -2.09. The van der Waals surface area contributed by atoms with E-state index < -0.39 is 12.1 Å². The number of nitrogens with zero attached hydrogens (tertiary/aromatic N) is 1. The third kappa shape index (κ3) is 1.14. The molecule has 0 saturated carbocycles. The second kappa shape index (κ2) is 2.49. The van der Waals surface area contributed by atoms with Crippen LogP contribution < -0.4 is 0 Å². The Morgan fingerprint density at radius 1 is 1.80 bits per heavy atom. The molecule has 0 aliphatic carbocycles. The molecule has 10 heavy (non-hydrogen) atoms. The maximum absolute atomic E-state index is 10.1. The molecule has 0 amide bonds. The highest BCUT2D eigenvalue weighted by molar-refractivity contribution is 5.72. The van der Waals surface area contributed by atoms with E-state index in [9.17, 15) is 4.79 Å². The molecule has 1 unspecified atom stereocenters. The molecule has 5 heteroatoms. The molecule has 1 aromatic heterocycles. The molecular formula is C5H5NO4. The smallest absolute Gasteiger partial charge is 0.340 e. The number of rotatable bonds is 2. The van der Waals surface area contributed by atoms with Crippen molar-refractivity contribution in [2.45, 2.75) is 6.10 Å². The average molecular weight is 143 g/mol. The van der Waals surface area contributed by atoms with Gasteiger partial charge in [-0.2, -0.15) is 0 Å². The van der Waals surface area contributed by atoms with Crippen molar-refractivity contribution in [1.29, 1.82) is 0 Å². The fourth-order valence-electron chi connectivity index (χ4n) is 0.482. The van der Waals surface area contributed by atoms with Crippen molar-refractivity contribution in [3.8, 4) is 0 Å². The molecule has 1 heterocycles. The Bertz CT molecular complexity index is 218. The summed E-state index contributed by atoms with van der Waals surface area (Å²) in [7, 11) is 0. The zero-order valence-electron chi connectivity index (χ0n) is 4.89. The Morgan fingerprint density at radius 2 is 2.50 bits per heavy atom. The molecule has 2 N–H and O–H groups in total. The number of oxazole rings is 1. The number of carbonyl (C=O) groups is 1. The SMILES string of the molecule is O=C(O)C(O)c1cnco1. The third-order valence-corrected chi connectivity index (χ3v) is 0.955. The maximum Gasteiger partial charge on any atom is 0.340 e. The van der Waals surface area contributed by atoms with Gasteiger partial charge in [-0.15, -0.1) is 0 Å². The average Bonchev–Trinajstić information content (AvgIpc) is 2.36. The van der Waals surface area contributed by atoms with Crippen LogP contribution in [0.2, 0.25) is 0 Å². The van der Waals surface area contributed by atoms with Crippen LogP contribution in [0.5, 0.6) is 0 Å². The number of hydrogen-bond acceptors (Lipinski definition) is 4. The first-order chi connectivity index (χ1) is 4.72. The second-order valence-corrected chi connectivity index (χ2v) is 1.64. The van der Waals surface area contributed by atoms with Crippen molar-refractivity contribution in [2.24, 2.45) is 0 Å². The monoisotopic (exact) mass is 143 g/mol. The van der Waals surface area contributed by atoms with Crippen molar-refractivity contribution in [3.63, 3.8) is 0 Å². The highest BCUT2D eigenvalue weighted by Gasteiger charge is 2.18. The van der Waals surface area contributed by atoms with Crippen LogP contribution >= 0.6 is 0 Å². The van der Waals surface area contributed by atoms with Gasteiger partial charge in [0.05, 0.1) is 6.20 Å². The van der Waals surface area contributed by atoms with E-state index in [4.69, 9.17) is 10.2 Å². The molecule has 0 saturated heterocycles. The molecule has 5 nitrogen and oxygen atoms in total. The van der Waals surface area contributed by atoms with E-state index in [2.05, 4.69) is 9.40 Å². The summed E-state index contributed by atoms with van der Waals surface area (Å²) in [5.41, 5.74) is 0. The number of aliphatic hydroxyl groups is 1. The summed E-state index contributed by atoms with van der Waals surface area (Å²) in [6.07, 6.45) is 0.600. The Morgan fingerprint density at radius 3 is 2.90 bits per heavy atom. The van der Waals surface area contributed by atoms with Gasteiger partial charge in [0.15, 0.2) is 12.2 Å². The maximum atomic E-state index is 10.1.